The van der Waals surface area contributed by atoms with Crippen molar-refractivity contribution < 1.29 is 53.9 Å². The fourth-order valence-corrected chi connectivity index (χ4v) is 7.91. The molecular weight excluding hydrogens is 592 g/mol. The normalized spacial score (nSPS) is 18.7. The van der Waals surface area contributed by atoms with E-state index >= 15 is 0 Å². The molecule has 2 aromatic heterocycles. The monoisotopic (exact) mass is 610 g/mol. The van der Waals surface area contributed by atoms with Crippen LogP contribution >= 0.6 is 46.2 Å². The second-order valence-electron chi connectivity index (χ2n) is 7.93. The van der Waals surface area contributed by atoms with E-state index in [1.54, 1.807) is 5.38 Å². The topological polar surface area (TPSA) is 163 Å². The first kappa shape index (κ1) is 29.6. The number of thiazole rings is 2. The number of fused-ring (bicyclic) bond motifs is 2. The van der Waals surface area contributed by atoms with Crippen molar-refractivity contribution in [2.24, 2.45) is 5.16 Å². The number of nitrogens with two attached hydrogens (primary N) is 1. The number of para-hydroxylation sites is 1. The Labute approximate surface area is 261 Å². The van der Waals surface area contributed by atoms with Crippen molar-refractivity contribution in [3.8, 4) is 0 Å². The summed E-state index contributed by atoms with van der Waals surface area (Å²) < 4.78 is 1.84. The van der Waals surface area contributed by atoms with Crippen molar-refractivity contribution in [2.45, 2.75) is 15.8 Å². The van der Waals surface area contributed by atoms with Crippen LogP contribution in [0.3, 0.4) is 0 Å². The maximum Gasteiger partial charge on any atom is 1.00 e. The minimum Gasteiger partial charge on any atom is -0.543 e. The van der Waals surface area contributed by atoms with Crippen LogP contribution in [0.25, 0.3) is 10.2 Å². The number of oxime groups is 1. The molecule has 5 rings (SSSR count). The number of benzene rings is 1. The number of hydrogen-bond acceptors (Lipinski definition) is 13. The number of carboxylic acids is 1. The SMILES string of the molecule is C=CCO/N=C(\C(=O)NC1C(=O)N2C(C(=O)[O-])=C(CSc3nc4ccccc4s3)CS[C@H]12)c1csc(N)n1.[Na+]. The summed E-state index contributed by atoms with van der Waals surface area (Å²) in [6.45, 7) is 3.59. The Kier molecular flexibility index (Phi) is 9.74. The zero-order chi connectivity index (χ0) is 26.8. The van der Waals surface area contributed by atoms with Crippen molar-refractivity contribution in [1.82, 2.24) is 20.2 Å². The van der Waals surface area contributed by atoms with Crippen LogP contribution in [0.1, 0.15) is 5.69 Å². The van der Waals surface area contributed by atoms with Crippen molar-refractivity contribution in [1.29, 1.82) is 0 Å². The quantitative estimate of drug-likeness (QED) is 0.0522. The molecule has 11 nitrogen and oxygen atoms in total. The third-order valence-corrected chi connectivity index (χ3v) is 9.78. The van der Waals surface area contributed by atoms with E-state index in [2.05, 4.69) is 27.0 Å². The number of carbonyl (C=O) groups is 3. The van der Waals surface area contributed by atoms with Crippen LogP contribution < -0.4 is 45.7 Å². The van der Waals surface area contributed by atoms with E-state index in [1.807, 2.05) is 24.3 Å². The number of carboxylic acid groups (broad SMARTS) is 1. The number of nitrogens with one attached hydrogen (secondary N) is 1. The minimum absolute atomic E-state index is 0. The van der Waals surface area contributed by atoms with Gasteiger partial charge in [-0.2, -0.15) is 0 Å². The predicted molar refractivity (Wildman–Crippen MR) is 147 cm³/mol. The van der Waals surface area contributed by atoms with Crippen molar-refractivity contribution >= 4 is 85.0 Å². The largest absolute Gasteiger partial charge is 1.00 e. The van der Waals surface area contributed by atoms with Crippen LogP contribution in [0, 0.1) is 0 Å². The first-order chi connectivity index (χ1) is 18.4. The Hall–Kier alpha value is -2.40. The Bertz CT molecular complexity index is 1470. The Morgan fingerprint density at radius 3 is 2.85 bits per heavy atom. The zero-order valence-electron chi connectivity index (χ0n) is 20.5. The van der Waals surface area contributed by atoms with Gasteiger partial charge in [0, 0.05) is 16.9 Å². The van der Waals surface area contributed by atoms with Gasteiger partial charge in [-0.05, 0) is 17.7 Å². The van der Waals surface area contributed by atoms with Gasteiger partial charge in [-0.1, -0.05) is 41.7 Å². The second kappa shape index (κ2) is 12.8. The molecular formula is C23H19N6NaO5S4. The van der Waals surface area contributed by atoms with Crippen LogP contribution in [0.5, 0.6) is 0 Å². The van der Waals surface area contributed by atoms with Gasteiger partial charge in [-0.3, -0.25) is 14.5 Å². The summed E-state index contributed by atoms with van der Waals surface area (Å²) in [5.41, 5.74) is 7.00. The standard InChI is InChI=1S/C23H20N6O5S4.Na/c1-2-7-34-28-15(13-10-36-22(24)25-13)18(30)27-16-19(31)29-17(21(32)33)11(8-35-20(16)29)9-37-23-26-12-5-3-4-6-14(12)38-23;/h2-6,10,16,20H,1,7-9H2,(H2,24,25)(H,27,30)(H,32,33);/q;+1/p-1/b28-15-;/t16?,20-;/m1./s1. The molecule has 2 atom stereocenters. The van der Waals surface area contributed by atoms with Gasteiger partial charge in [0.25, 0.3) is 11.8 Å². The Balaban J connectivity index is 0.00000353. The van der Waals surface area contributed by atoms with Crippen molar-refractivity contribution in [2.75, 3.05) is 23.8 Å². The number of anilines is 1. The molecule has 1 aromatic carbocycles. The molecule has 0 bridgehead atoms. The van der Waals surface area contributed by atoms with Crippen molar-refractivity contribution in [3.63, 3.8) is 0 Å². The first-order valence-electron chi connectivity index (χ1n) is 11.1. The van der Waals surface area contributed by atoms with E-state index in [1.165, 1.54) is 45.8 Å². The third kappa shape index (κ3) is 6.19. The zero-order valence-corrected chi connectivity index (χ0v) is 25.8. The van der Waals surface area contributed by atoms with Gasteiger partial charge in [0.05, 0.1) is 21.9 Å². The summed E-state index contributed by atoms with van der Waals surface area (Å²) in [5, 5.41) is 19.7. The van der Waals surface area contributed by atoms with E-state index in [9.17, 15) is 19.5 Å². The second-order valence-corrected chi connectivity index (χ2v) is 12.2. The van der Waals surface area contributed by atoms with Crippen LogP contribution in [0.4, 0.5) is 5.13 Å². The number of amides is 2. The molecule has 16 heteroatoms. The smallest absolute Gasteiger partial charge is 0.543 e. The molecule has 3 aromatic rings. The average Bonchev–Trinajstić information content (AvgIpc) is 3.53. The van der Waals surface area contributed by atoms with E-state index < -0.39 is 29.2 Å². The van der Waals surface area contributed by atoms with E-state index in [0.29, 0.717) is 17.1 Å². The number of nitrogen functional groups attached to an aromatic ring is 1. The summed E-state index contributed by atoms with van der Waals surface area (Å²) >= 11 is 5.42. The summed E-state index contributed by atoms with van der Waals surface area (Å²) in [6.07, 6.45) is 1.46. The molecule has 3 N–H and O–H groups in total. The summed E-state index contributed by atoms with van der Waals surface area (Å²) in [5.74, 6) is -2.00. The van der Waals surface area contributed by atoms with Gasteiger partial charge in [0.2, 0.25) is 0 Å². The van der Waals surface area contributed by atoms with Crippen LogP contribution in [-0.4, -0.2) is 67.9 Å². The molecule has 0 saturated carbocycles. The average molecular weight is 611 g/mol. The van der Waals surface area contributed by atoms with E-state index in [0.717, 1.165) is 25.9 Å². The molecule has 1 fully saturated rings. The van der Waals surface area contributed by atoms with Crippen molar-refractivity contribution in [3.05, 3.63) is 59.3 Å². The molecule has 2 aliphatic rings. The summed E-state index contributed by atoms with van der Waals surface area (Å²) in [4.78, 5) is 53.0. The van der Waals surface area contributed by atoms with Crippen LogP contribution in [0.15, 0.2) is 63.1 Å². The molecule has 1 unspecified atom stereocenters. The molecule has 2 aliphatic heterocycles. The fraction of sp³-hybridized carbons (Fsp3) is 0.217. The maximum atomic E-state index is 13.0. The number of nitrogens with zero attached hydrogens (tertiary/aromatic N) is 4. The number of aromatic nitrogens is 2. The number of carbonyl (C=O) groups excluding carboxylic acids is 3. The Morgan fingerprint density at radius 2 is 2.15 bits per heavy atom. The molecule has 39 heavy (non-hydrogen) atoms. The molecule has 196 valence electrons. The molecule has 1 saturated heterocycles. The number of rotatable bonds is 10. The minimum atomic E-state index is -1.44. The van der Waals surface area contributed by atoms with E-state index in [4.69, 9.17) is 10.6 Å². The molecule has 0 radical (unpaired) electrons. The van der Waals surface area contributed by atoms with E-state index in [-0.39, 0.29) is 58.4 Å². The fourth-order valence-electron chi connectivity index (χ4n) is 3.81. The maximum absolute atomic E-state index is 13.0. The Morgan fingerprint density at radius 1 is 1.36 bits per heavy atom. The third-order valence-electron chi connectivity index (χ3n) is 5.50. The van der Waals surface area contributed by atoms with Crippen LogP contribution in [0.2, 0.25) is 0 Å². The number of thioether (sulfide) groups is 2. The van der Waals surface area contributed by atoms with Gasteiger partial charge < -0.3 is 25.8 Å². The van der Waals surface area contributed by atoms with Crippen LogP contribution in [-0.2, 0) is 19.2 Å². The molecule has 2 amide bonds. The van der Waals surface area contributed by atoms with Gasteiger partial charge >= 0.3 is 29.6 Å². The number of hydrogen-bond donors (Lipinski definition) is 2. The predicted octanol–water partition coefficient (Wildman–Crippen LogP) is -1.56. The molecule has 0 spiro atoms. The van der Waals surface area contributed by atoms with Gasteiger partial charge in [-0.15, -0.1) is 34.4 Å². The molecule has 0 aliphatic carbocycles. The van der Waals surface area contributed by atoms with Gasteiger partial charge in [-0.25, -0.2) is 9.97 Å². The summed E-state index contributed by atoms with van der Waals surface area (Å²) in [6, 6.07) is 6.78. The van der Waals surface area contributed by atoms with Gasteiger partial charge in [0.1, 0.15) is 23.7 Å². The van der Waals surface area contributed by atoms with Gasteiger partial charge in [0.15, 0.2) is 15.2 Å². The number of aliphatic carboxylic acids is 1. The first-order valence-corrected chi connectivity index (χ1v) is 14.8. The summed E-state index contributed by atoms with van der Waals surface area (Å²) in [7, 11) is 0. The number of β-lactam (4-membered cyclic amide) rings is 1. The molecule has 4 heterocycles.